The molecule has 0 bridgehead atoms. The predicted octanol–water partition coefficient (Wildman–Crippen LogP) is -3.65. The molecule has 0 saturated carbocycles. The molecule has 11 N–H and O–H groups in total. The number of rotatable bonds is 16. The van der Waals surface area contributed by atoms with Gasteiger partial charge in [-0.25, -0.2) is 4.79 Å². The van der Waals surface area contributed by atoms with Gasteiger partial charge in [-0.2, -0.15) is 0 Å². The number of aliphatic carboxylic acids is 2. The first-order chi connectivity index (χ1) is 14.5. The van der Waals surface area contributed by atoms with Crippen LogP contribution < -0.4 is 33.2 Å². The van der Waals surface area contributed by atoms with Crippen LogP contribution in [0, 0.1) is 0 Å². The number of hydrogen-bond acceptors (Lipinski definition) is 8. The third-order valence-corrected chi connectivity index (χ3v) is 4.05. The van der Waals surface area contributed by atoms with Gasteiger partial charge in [0.05, 0.1) is 19.0 Å². The van der Waals surface area contributed by atoms with Gasteiger partial charge < -0.3 is 43.4 Å². The Hall–Kier alpha value is -3.26. The summed E-state index contributed by atoms with van der Waals surface area (Å²) in [6.07, 6.45) is 0.0254. The van der Waals surface area contributed by atoms with Gasteiger partial charge in [0.25, 0.3) is 0 Å². The maximum absolute atomic E-state index is 12.5. The molecule has 14 nitrogen and oxygen atoms in total. The van der Waals surface area contributed by atoms with Crippen LogP contribution in [0.1, 0.15) is 38.5 Å². The molecule has 0 aromatic carbocycles. The van der Waals surface area contributed by atoms with E-state index in [1.807, 2.05) is 0 Å². The van der Waals surface area contributed by atoms with Crippen molar-refractivity contribution in [2.75, 3.05) is 13.1 Å². The Kier molecular flexibility index (Phi) is 13.1. The minimum absolute atomic E-state index is 0.117. The normalized spacial score (nSPS) is 13.4. The second-order valence-corrected chi connectivity index (χ2v) is 6.73. The SMILES string of the molecule is NCCCCC(NC(=O)C(CCC(N)=O)NC(=O)CNC(=O)C(N)CC(=O)O)C(=O)O. The third-order valence-electron chi connectivity index (χ3n) is 4.05. The Labute approximate surface area is 178 Å². The maximum atomic E-state index is 12.5. The fourth-order valence-electron chi connectivity index (χ4n) is 2.40. The van der Waals surface area contributed by atoms with Crippen LogP contribution in [0.2, 0.25) is 0 Å². The molecule has 31 heavy (non-hydrogen) atoms. The van der Waals surface area contributed by atoms with Gasteiger partial charge in [0.1, 0.15) is 12.1 Å². The van der Waals surface area contributed by atoms with E-state index >= 15 is 0 Å². The number of hydrogen-bond donors (Lipinski definition) is 8. The van der Waals surface area contributed by atoms with Crippen molar-refractivity contribution in [2.45, 2.75) is 56.7 Å². The van der Waals surface area contributed by atoms with Crippen LogP contribution in [-0.2, 0) is 28.8 Å². The van der Waals surface area contributed by atoms with Crippen molar-refractivity contribution in [3.63, 3.8) is 0 Å². The Balaban J connectivity index is 4.95. The van der Waals surface area contributed by atoms with Crippen LogP contribution in [0.3, 0.4) is 0 Å². The molecule has 4 amide bonds. The van der Waals surface area contributed by atoms with E-state index in [0.717, 1.165) is 0 Å². The summed E-state index contributed by atoms with van der Waals surface area (Å²) in [4.78, 5) is 69.2. The number of nitrogens with two attached hydrogens (primary N) is 3. The molecule has 0 aliphatic heterocycles. The van der Waals surface area contributed by atoms with Crippen molar-refractivity contribution in [1.82, 2.24) is 16.0 Å². The van der Waals surface area contributed by atoms with E-state index in [9.17, 15) is 33.9 Å². The number of nitrogens with one attached hydrogen (secondary N) is 3. The zero-order valence-electron chi connectivity index (χ0n) is 17.0. The molecule has 176 valence electrons. The van der Waals surface area contributed by atoms with Crippen molar-refractivity contribution >= 4 is 35.6 Å². The molecule has 0 spiro atoms. The summed E-state index contributed by atoms with van der Waals surface area (Å²) >= 11 is 0. The molecule has 0 radical (unpaired) electrons. The lowest BCUT2D eigenvalue weighted by Crippen LogP contribution is -2.54. The lowest BCUT2D eigenvalue weighted by molar-refractivity contribution is -0.142. The molecule has 0 aromatic heterocycles. The standard InChI is InChI=1S/C17H30N6O8/c18-6-2-1-3-11(17(30)31)23-16(29)10(4-5-12(20)24)22-13(25)8-21-15(28)9(19)7-14(26)27/h9-11H,1-8,18-19H2,(H2,20,24)(H,21,28)(H,22,25)(H,23,29)(H,26,27)(H,30,31). The van der Waals surface area contributed by atoms with E-state index in [1.165, 1.54) is 0 Å². The number of carbonyl (C=O) groups is 6. The van der Waals surface area contributed by atoms with Gasteiger partial charge in [0.2, 0.25) is 23.6 Å². The van der Waals surface area contributed by atoms with Gasteiger partial charge in [0, 0.05) is 6.42 Å². The second-order valence-electron chi connectivity index (χ2n) is 6.73. The number of carbonyl (C=O) groups excluding carboxylic acids is 4. The van der Waals surface area contributed by atoms with E-state index in [2.05, 4.69) is 16.0 Å². The largest absolute Gasteiger partial charge is 0.481 e. The summed E-state index contributed by atoms with van der Waals surface area (Å²) in [7, 11) is 0. The molecule has 0 rings (SSSR count). The fourth-order valence-corrected chi connectivity index (χ4v) is 2.40. The van der Waals surface area contributed by atoms with E-state index < -0.39 is 66.7 Å². The molecular weight excluding hydrogens is 416 g/mol. The minimum Gasteiger partial charge on any atom is -0.481 e. The number of carboxylic acid groups (broad SMARTS) is 2. The monoisotopic (exact) mass is 446 g/mol. The highest BCUT2D eigenvalue weighted by molar-refractivity contribution is 5.93. The predicted molar refractivity (Wildman–Crippen MR) is 106 cm³/mol. The highest BCUT2D eigenvalue weighted by atomic mass is 16.4. The highest BCUT2D eigenvalue weighted by Crippen LogP contribution is 2.04. The van der Waals surface area contributed by atoms with Crippen LogP contribution in [0.5, 0.6) is 0 Å². The van der Waals surface area contributed by atoms with Crippen LogP contribution in [0.4, 0.5) is 0 Å². The van der Waals surface area contributed by atoms with Crippen LogP contribution in [0.15, 0.2) is 0 Å². The minimum atomic E-state index is -1.37. The van der Waals surface area contributed by atoms with Crippen molar-refractivity contribution in [1.29, 1.82) is 0 Å². The molecule has 0 aromatic rings. The van der Waals surface area contributed by atoms with Gasteiger partial charge in [-0.15, -0.1) is 0 Å². The lowest BCUT2D eigenvalue weighted by Gasteiger charge is -2.21. The quantitative estimate of drug-likeness (QED) is 0.108. The summed E-state index contributed by atoms with van der Waals surface area (Å²) < 4.78 is 0. The summed E-state index contributed by atoms with van der Waals surface area (Å²) in [6, 6.07) is -3.88. The Bertz CT molecular complexity index is 671. The Morgan fingerprint density at radius 1 is 0.871 bits per heavy atom. The van der Waals surface area contributed by atoms with Crippen molar-refractivity contribution in [3.8, 4) is 0 Å². The number of amides is 4. The van der Waals surface area contributed by atoms with Crippen LogP contribution >= 0.6 is 0 Å². The average Bonchev–Trinajstić information content (AvgIpc) is 2.67. The topological polar surface area (TPSA) is 257 Å². The van der Waals surface area contributed by atoms with E-state index in [0.29, 0.717) is 19.4 Å². The van der Waals surface area contributed by atoms with Gasteiger partial charge in [-0.1, -0.05) is 0 Å². The number of carboxylic acids is 2. The molecule has 0 fully saturated rings. The average molecular weight is 446 g/mol. The Morgan fingerprint density at radius 3 is 2.03 bits per heavy atom. The fraction of sp³-hybridized carbons (Fsp3) is 0.647. The van der Waals surface area contributed by atoms with Gasteiger partial charge in [-0.05, 0) is 32.2 Å². The molecule has 3 atom stereocenters. The molecule has 0 aliphatic rings. The van der Waals surface area contributed by atoms with Gasteiger partial charge in [0.15, 0.2) is 0 Å². The maximum Gasteiger partial charge on any atom is 0.326 e. The van der Waals surface area contributed by atoms with Gasteiger partial charge in [-0.3, -0.25) is 24.0 Å². The summed E-state index contributed by atoms with van der Waals surface area (Å²) in [5, 5.41) is 24.5. The first-order valence-corrected chi connectivity index (χ1v) is 9.53. The summed E-state index contributed by atoms with van der Waals surface area (Å²) in [6.45, 7) is -0.259. The number of primary amides is 1. The third kappa shape index (κ3) is 12.8. The van der Waals surface area contributed by atoms with Crippen LogP contribution in [0.25, 0.3) is 0 Å². The molecular formula is C17H30N6O8. The molecule has 0 aliphatic carbocycles. The Morgan fingerprint density at radius 2 is 1.52 bits per heavy atom. The second kappa shape index (κ2) is 14.7. The van der Waals surface area contributed by atoms with Crippen molar-refractivity contribution < 1.29 is 39.0 Å². The molecule has 14 heteroatoms. The van der Waals surface area contributed by atoms with Crippen molar-refractivity contribution in [2.24, 2.45) is 17.2 Å². The smallest absolute Gasteiger partial charge is 0.326 e. The summed E-state index contributed by atoms with van der Waals surface area (Å²) in [5.41, 5.74) is 15.8. The lowest BCUT2D eigenvalue weighted by atomic mass is 10.1. The summed E-state index contributed by atoms with van der Waals surface area (Å²) in [5.74, 6) is -5.88. The van der Waals surface area contributed by atoms with Crippen LogP contribution in [-0.4, -0.2) is 77.0 Å². The van der Waals surface area contributed by atoms with E-state index in [-0.39, 0.29) is 19.3 Å². The molecule has 3 unspecified atom stereocenters. The zero-order chi connectivity index (χ0) is 24.0. The zero-order valence-corrected chi connectivity index (χ0v) is 17.0. The first kappa shape index (κ1) is 27.7. The molecule has 0 saturated heterocycles. The number of unbranched alkanes of at least 4 members (excludes halogenated alkanes) is 1. The first-order valence-electron chi connectivity index (χ1n) is 9.53. The molecule has 0 heterocycles. The van der Waals surface area contributed by atoms with Gasteiger partial charge >= 0.3 is 11.9 Å². The van der Waals surface area contributed by atoms with E-state index in [1.54, 1.807) is 0 Å². The van der Waals surface area contributed by atoms with E-state index in [4.69, 9.17) is 22.3 Å². The van der Waals surface area contributed by atoms with Crippen molar-refractivity contribution in [3.05, 3.63) is 0 Å². The highest BCUT2D eigenvalue weighted by Gasteiger charge is 2.27.